The number of hydrogen-bond acceptors (Lipinski definition) is 3. The highest BCUT2D eigenvalue weighted by Gasteiger charge is 2.37. The maximum absolute atomic E-state index is 12.9. The molecule has 1 heterocycles. The maximum Gasteiger partial charge on any atom is 0.228 e. The normalized spacial score (nSPS) is 16.6. The number of nitrogens with zero attached hydrogens (tertiary/aromatic N) is 2. The third-order valence-electron chi connectivity index (χ3n) is 4.75. The molecule has 26 heavy (non-hydrogen) atoms. The molecular weight excluding hydrogens is 328 g/mol. The van der Waals surface area contributed by atoms with Crippen LogP contribution in [0.3, 0.4) is 0 Å². The van der Waals surface area contributed by atoms with E-state index in [0.29, 0.717) is 25.4 Å². The van der Waals surface area contributed by atoms with Gasteiger partial charge in [0.15, 0.2) is 0 Å². The Labute approximate surface area is 154 Å². The molecule has 0 N–H and O–H groups in total. The summed E-state index contributed by atoms with van der Waals surface area (Å²) in [5.41, 5.74) is 1.87. The summed E-state index contributed by atoms with van der Waals surface area (Å²) in [5, 5.41) is 0. The standard InChI is InChI=1S/C21H24N2O3/c1-3-22(14-16-8-5-4-6-9-16)21(25)17-12-20(24)23(15-17)18-10-7-11-19(13-18)26-2/h4-11,13,17H,3,12,14-15H2,1-2H3/t17-/m0/s1. The van der Waals surface area contributed by atoms with Gasteiger partial charge in [0.2, 0.25) is 11.8 Å². The Morgan fingerprint density at radius 3 is 2.65 bits per heavy atom. The van der Waals surface area contributed by atoms with Gasteiger partial charge in [-0.2, -0.15) is 0 Å². The molecule has 0 unspecified atom stereocenters. The Morgan fingerprint density at radius 2 is 1.96 bits per heavy atom. The van der Waals surface area contributed by atoms with Crippen molar-refractivity contribution in [3.8, 4) is 5.75 Å². The largest absolute Gasteiger partial charge is 0.497 e. The first kappa shape index (κ1) is 18.0. The molecule has 0 aromatic heterocycles. The number of ether oxygens (including phenoxy) is 1. The summed E-state index contributed by atoms with van der Waals surface area (Å²) < 4.78 is 5.23. The molecule has 1 atom stereocenters. The molecule has 2 aromatic rings. The second kappa shape index (κ2) is 8.04. The number of benzene rings is 2. The first-order valence-electron chi connectivity index (χ1n) is 8.89. The molecule has 0 spiro atoms. The van der Waals surface area contributed by atoms with Gasteiger partial charge in [-0.1, -0.05) is 36.4 Å². The van der Waals surface area contributed by atoms with Crippen LogP contribution in [0, 0.1) is 5.92 Å². The third kappa shape index (κ3) is 3.87. The van der Waals surface area contributed by atoms with E-state index in [2.05, 4.69) is 0 Å². The van der Waals surface area contributed by atoms with Gasteiger partial charge in [-0.25, -0.2) is 0 Å². The zero-order valence-corrected chi connectivity index (χ0v) is 15.2. The van der Waals surface area contributed by atoms with Crippen LogP contribution in [0.25, 0.3) is 0 Å². The molecule has 5 heteroatoms. The van der Waals surface area contributed by atoms with Gasteiger partial charge in [-0.3, -0.25) is 9.59 Å². The van der Waals surface area contributed by atoms with E-state index in [-0.39, 0.29) is 24.2 Å². The second-order valence-corrected chi connectivity index (χ2v) is 6.44. The summed E-state index contributed by atoms with van der Waals surface area (Å²) in [6, 6.07) is 17.3. The van der Waals surface area contributed by atoms with Crippen LogP contribution in [0.15, 0.2) is 54.6 Å². The molecule has 3 rings (SSSR count). The zero-order valence-electron chi connectivity index (χ0n) is 15.2. The van der Waals surface area contributed by atoms with E-state index in [9.17, 15) is 9.59 Å². The van der Waals surface area contributed by atoms with E-state index in [1.807, 2.05) is 66.4 Å². The summed E-state index contributed by atoms with van der Waals surface area (Å²) in [4.78, 5) is 28.9. The minimum atomic E-state index is -0.308. The van der Waals surface area contributed by atoms with Crippen molar-refractivity contribution in [3.63, 3.8) is 0 Å². The smallest absolute Gasteiger partial charge is 0.228 e. The monoisotopic (exact) mass is 352 g/mol. The first-order chi connectivity index (χ1) is 12.6. The van der Waals surface area contributed by atoms with Crippen LogP contribution in [-0.2, 0) is 16.1 Å². The van der Waals surface area contributed by atoms with Crippen molar-refractivity contribution < 1.29 is 14.3 Å². The zero-order chi connectivity index (χ0) is 18.5. The van der Waals surface area contributed by atoms with Gasteiger partial charge in [0.25, 0.3) is 0 Å². The van der Waals surface area contributed by atoms with Gasteiger partial charge in [-0.15, -0.1) is 0 Å². The van der Waals surface area contributed by atoms with Crippen molar-refractivity contribution in [2.24, 2.45) is 5.92 Å². The van der Waals surface area contributed by atoms with Crippen molar-refractivity contribution in [2.45, 2.75) is 19.9 Å². The minimum absolute atomic E-state index is 0.0210. The molecule has 2 amide bonds. The van der Waals surface area contributed by atoms with Gasteiger partial charge in [0.05, 0.1) is 13.0 Å². The van der Waals surface area contributed by atoms with Crippen LogP contribution in [0.5, 0.6) is 5.75 Å². The van der Waals surface area contributed by atoms with E-state index < -0.39 is 0 Å². The molecule has 136 valence electrons. The molecule has 0 bridgehead atoms. The van der Waals surface area contributed by atoms with Crippen LogP contribution < -0.4 is 9.64 Å². The predicted octanol–water partition coefficient (Wildman–Crippen LogP) is 3.10. The summed E-state index contributed by atoms with van der Waals surface area (Å²) in [6.45, 7) is 3.57. The van der Waals surface area contributed by atoms with Crippen LogP contribution >= 0.6 is 0 Å². The van der Waals surface area contributed by atoms with Crippen molar-refractivity contribution in [2.75, 3.05) is 25.1 Å². The van der Waals surface area contributed by atoms with Crippen LogP contribution in [0.4, 0.5) is 5.69 Å². The van der Waals surface area contributed by atoms with E-state index in [1.54, 1.807) is 12.0 Å². The number of carbonyl (C=O) groups excluding carboxylic acids is 2. The molecule has 5 nitrogen and oxygen atoms in total. The minimum Gasteiger partial charge on any atom is -0.497 e. The Kier molecular flexibility index (Phi) is 5.56. The molecule has 0 saturated carbocycles. The predicted molar refractivity (Wildman–Crippen MR) is 101 cm³/mol. The first-order valence-corrected chi connectivity index (χ1v) is 8.89. The SMILES string of the molecule is CCN(Cc1ccccc1)C(=O)[C@H]1CC(=O)N(c2cccc(OC)c2)C1. The van der Waals surface area contributed by atoms with Crippen molar-refractivity contribution >= 4 is 17.5 Å². The molecule has 1 aliphatic rings. The third-order valence-corrected chi connectivity index (χ3v) is 4.75. The summed E-state index contributed by atoms with van der Waals surface area (Å²) in [7, 11) is 1.60. The second-order valence-electron chi connectivity index (χ2n) is 6.44. The quantitative estimate of drug-likeness (QED) is 0.803. The molecule has 1 saturated heterocycles. The van der Waals surface area contributed by atoms with E-state index >= 15 is 0 Å². The highest BCUT2D eigenvalue weighted by Crippen LogP contribution is 2.29. The molecule has 2 aromatic carbocycles. The summed E-state index contributed by atoms with van der Waals surface area (Å²) >= 11 is 0. The van der Waals surface area contributed by atoms with E-state index in [0.717, 1.165) is 11.3 Å². The number of methoxy groups -OCH3 is 1. The van der Waals surface area contributed by atoms with Crippen LogP contribution in [0.2, 0.25) is 0 Å². The molecule has 0 aliphatic carbocycles. The topological polar surface area (TPSA) is 49.9 Å². The average molecular weight is 352 g/mol. The molecule has 1 aliphatic heterocycles. The van der Waals surface area contributed by atoms with Crippen LogP contribution in [-0.4, -0.2) is 36.9 Å². The Hall–Kier alpha value is -2.82. The molecular formula is C21H24N2O3. The van der Waals surface area contributed by atoms with Crippen LogP contribution in [0.1, 0.15) is 18.9 Å². The van der Waals surface area contributed by atoms with E-state index in [1.165, 1.54) is 0 Å². The molecule has 1 fully saturated rings. The fourth-order valence-corrected chi connectivity index (χ4v) is 3.31. The lowest BCUT2D eigenvalue weighted by Gasteiger charge is -2.24. The number of amides is 2. The Bertz CT molecular complexity index is 776. The molecule has 0 radical (unpaired) electrons. The maximum atomic E-state index is 12.9. The lowest BCUT2D eigenvalue weighted by molar-refractivity contribution is -0.136. The lowest BCUT2D eigenvalue weighted by atomic mass is 10.1. The van der Waals surface area contributed by atoms with Gasteiger partial charge >= 0.3 is 0 Å². The van der Waals surface area contributed by atoms with Gasteiger partial charge < -0.3 is 14.5 Å². The van der Waals surface area contributed by atoms with Crippen molar-refractivity contribution in [1.82, 2.24) is 4.90 Å². The number of anilines is 1. The average Bonchev–Trinajstić information content (AvgIpc) is 3.08. The van der Waals surface area contributed by atoms with Crippen molar-refractivity contribution in [3.05, 3.63) is 60.2 Å². The van der Waals surface area contributed by atoms with Crippen molar-refractivity contribution in [1.29, 1.82) is 0 Å². The fraction of sp³-hybridized carbons (Fsp3) is 0.333. The van der Waals surface area contributed by atoms with Gasteiger partial charge in [0.1, 0.15) is 5.75 Å². The van der Waals surface area contributed by atoms with Gasteiger partial charge in [-0.05, 0) is 24.6 Å². The fourth-order valence-electron chi connectivity index (χ4n) is 3.31. The summed E-state index contributed by atoms with van der Waals surface area (Å²) in [6.07, 6.45) is 0.251. The lowest BCUT2D eigenvalue weighted by Crippen LogP contribution is -2.37. The Morgan fingerprint density at radius 1 is 1.19 bits per heavy atom. The highest BCUT2D eigenvalue weighted by atomic mass is 16.5. The summed E-state index contributed by atoms with van der Waals surface area (Å²) in [5.74, 6) is 0.407. The van der Waals surface area contributed by atoms with E-state index in [4.69, 9.17) is 4.74 Å². The highest BCUT2D eigenvalue weighted by molar-refractivity contribution is 6.00. The number of hydrogen-bond donors (Lipinski definition) is 0. The number of carbonyl (C=O) groups is 2. The number of rotatable bonds is 6. The van der Waals surface area contributed by atoms with Gasteiger partial charge in [0, 0.05) is 37.8 Å². The Balaban J connectivity index is 1.71.